The molecule has 4 heteroatoms. The van der Waals surface area contributed by atoms with Gasteiger partial charge in [0.2, 0.25) is 0 Å². The molecule has 1 N–H and O–H groups in total. The van der Waals surface area contributed by atoms with E-state index in [1.807, 2.05) is 24.3 Å². The first-order chi connectivity index (χ1) is 9.72. The van der Waals surface area contributed by atoms with Crippen LogP contribution in [0.25, 0.3) is 0 Å². The molecule has 0 fully saturated rings. The van der Waals surface area contributed by atoms with Gasteiger partial charge in [0.25, 0.3) is 0 Å². The van der Waals surface area contributed by atoms with Crippen molar-refractivity contribution in [1.29, 1.82) is 0 Å². The Morgan fingerprint density at radius 2 is 1.60 bits per heavy atom. The van der Waals surface area contributed by atoms with Crippen LogP contribution >= 0.6 is 0 Å². The highest BCUT2D eigenvalue weighted by atomic mass is 19.1. The van der Waals surface area contributed by atoms with E-state index in [4.69, 9.17) is 9.47 Å². The van der Waals surface area contributed by atoms with Crippen LogP contribution in [0, 0.1) is 5.82 Å². The third-order valence-electron chi connectivity index (χ3n) is 3.06. The van der Waals surface area contributed by atoms with Gasteiger partial charge in [-0.1, -0.05) is 12.1 Å². The molecule has 0 saturated carbocycles. The Kier molecular flexibility index (Phi) is 4.82. The van der Waals surface area contributed by atoms with Crippen molar-refractivity contribution in [3.63, 3.8) is 0 Å². The highest BCUT2D eigenvalue weighted by molar-refractivity contribution is 5.49. The number of nitrogens with one attached hydrogen (secondary N) is 1. The zero-order valence-electron chi connectivity index (χ0n) is 11.7. The van der Waals surface area contributed by atoms with Gasteiger partial charge in [-0.25, -0.2) is 4.39 Å². The van der Waals surface area contributed by atoms with Crippen LogP contribution in [0.15, 0.2) is 42.5 Å². The van der Waals surface area contributed by atoms with E-state index in [9.17, 15) is 4.39 Å². The summed E-state index contributed by atoms with van der Waals surface area (Å²) in [5.41, 5.74) is 1.62. The summed E-state index contributed by atoms with van der Waals surface area (Å²) in [4.78, 5) is 0. The standard InChI is InChI=1S/C16H18FNO2/c1-19-13-5-3-12(4-6-13)9-10-18-16-11-14(20-2)7-8-15(16)17/h3-8,11,18H,9-10H2,1-2H3. The lowest BCUT2D eigenvalue weighted by molar-refractivity contribution is 0.414. The molecule has 0 amide bonds. The van der Waals surface area contributed by atoms with Crippen LogP contribution in [-0.4, -0.2) is 20.8 Å². The van der Waals surface area contributed by atoms with E-state index in [0.29, 0.717) is 18.0 Å². The van der Waals surface area contributed by atoms with E-state index in [1.165, 1.54) is 11.6 Å². The Labute approximate surface area is 118 Å². The predicted molar refractivity (Wildman–Crippen MR) is 78.1 cm³/mol. The highest BCUT2D eigenvalue weighted by Gasteiger charge is 2.03. The van der Waals surface area contributed by atoms with E-state index in [1.54, 1.807) is 26.4 Å². The van der Waals surface area contributed by atoms with Gasteiger partial charge < -0.3 is 14.8 Å². The van der Waals surface area contributed by atoms with Crippen LogP contribution in [0.3, 0.4) is 0 Å². The zero-order chi connectivity index (χ0) is 14.4. The van der Waals surface area contributed by atoms with Crippen molar-refractivity contribution in [2.75, 3.05) is 26.1 Å². The van der Waals surface area contributed by atoms with E-state index < -0.39 is 0 Å². The maximum atomic E-state index is 13.6. The summed E-state index contributed by atoms with van der Waals surface area (Å²) in [5.74, 6) is 1.19. The van der Waals surface area contributed by atoms with Crippen LogP contribution in [0.4, 0.5) is 10.1 Å². The molecular formula is C16H18FNO2. The second-order valence-electron chi connectivity index (χ2n) is 4.37. The first-order valence-corrected chi connectivity index (χ1v) is 6.43. The second kappa shape index (κ2) is 6.80. The van der Waals surface area contributed by atoms with Gasteiger partial charge in [0, 0.05) is 12.6 Å². The molecule has 0 aromatic heterocycles. The number of benzene rings is 2. The van der Waals surface area contributed by atoms with Crippen molar-refractivity contribution in [3.8, 4) is 11.5 Å². The molecular weight excluding hydrogens is 257 g/mol. The van der Waals surface area contributed by atoms with Crippen molar-refractivity contribution in [1.82, 2.24) is 0 Å². The number of hydrogen-bond donors (Lipinski definition) is 1. The molecule has 20 heavy (non-hydrogen) atoms. The second-order valence-corrected chi connectivity index (χ2v) is 4.37. The van der Waals surface area contributed by atoms with Crippen LogP contribution < -0.4 is 14.8 Å². The Morgan fingerprint density at radius 3 is 2.25 bits per heavy atom. The molecule has 2 aromatic carbocycles. The maximum absolute atomic E-state index is 13.6. The molecule has 0 saturated heterocycles. The number of hydrogen-bond acceptors (Lipinski definition) is 3. The Hall–Kier alpha value is -2.23. The summed E-state index contributed by atoms with van der Waals surface area (Å²) < 4.78 is 23.8. The lowest BCUT2D eigenvalue weighted by Crippen LogP contribution is -2.06. The van der Waals surface area contributed by atoms with Crippen molar-refractivity contribution in [2.45, 2.75) is 6.42 Å². The molecule has 0 aliphatic carbocycles. The summed E-state index contributed by atoms with van der Waals surface area (Å²) in [6.07, 6.45) is 0.806. The van der Waals surface area contributed by atoms with Crippen LogP contribution in [-0.2, 0) is 6.42 Å². The molecule has 0 radical (unpaired) electrons. The van der Waals surface area contributed by atoms with Crippen molar-refractivity contribution in [3.05, 3.63) is 53.8 Å². The summed E-state index contributed by atoms with van der Waals surface area (Å²) in [7, 11) is 3.20. The first-order valence-electron chi connectivity index (χ1n) is 6.43. The fraction of sp³-hybridized carbons (Fsp3) is 0.250. The van der Waals surface area contributed by atoms with Crippen LogP contribution in [0.5, 0.6) is 11.5 Å². The first kappa shape index (κ1) is 14.2. The van der Waals surface area contributed by atoms with E-state index in [-0.39, 0.29) is 5.82 Å². The number of rotatable bonds is 6. The zero-order valence-corrected chi connectivity index (χ0v) is 11.7. The van der Waals surface area contributed by atoms with E-state index >= 15 is 0 Å². The smallest absolute Gasteiger partial charge is 0.146 e. The topological polar surface area (TPSA) is 30.5 Å². The largest absolute Gasteiger partial charge is 0.497 e. The fourth-order valence-electron chi connectivity index (χ4n) is 1.90. The highest BCUT2D eigenvalue weighted by Crippen LogP contribution is 2.21. The molecule has 0 heterocycles. The number of methoxy groups -OCH3 is 2. The molecule has 2 aromatic rings. The molecule has 0 atom stereocenters. The van der Waals surface area contributed by atoms with Crippen molar-refractivity contribution in [2.24, 2.45) is 0 Å². The number of ether oxygens (including phenoxy) is 2. The monoisotopic (exact) mass is 275 g/mol. The minimum absolute atomic E-state index is 0.277. The Morgan fingerprint density at radius 1 is 0.950 bits per heavy atom. The van der Waals surface area contributed by atoms with Gasteiger partial charge in [-0.05, 0) is 36.2 Å². The molecule has 0 spiro atoms. The van der Waals surface area contributed by atoms with Gasteiger partial charge >= 0.3 is 0 Å². The average Bonchev–Trinajstić information content (AvgIpc) is 2.50. The molecule has 0 aliphatic heterocycles. The third kappa shape index (κ3) is 3.63. The minimum atomic E-state index is -0.277. The normalized spacial score (nSPS) is 10.2. The van der Waals surface area contributed by atoms with Gasteiger partial charge in [0.1, 0.15) is 17.3 Å². The van der Waals surface area contributed by atoms with Crippen LogP contribution in [0.2, 0.25) is 0 Å². The molecule has 0 unspecified atom stereocenters. The third-order valence-corrected chi connectivity index (χ3v) is 3.06. The number of anilines is 1. The van der Waals surface area contributed by atoms with E-state index in [0.717, 1.165) is 12.2 Å². The number of halogens is 1. The Bertz CT molecular complexity index is 555. The van der Waals surface area contributed by atoms with Gasteiger partial charge in [-0.3, -0.25) is 0 Å². The molecule has 0 bridgehead atoms. The van der Waals surface area contributed by atoms with E-state index in [2.05, 4.69) is 5.32 Å². The van der Waals surface area contributed by atoms with Crippen molar-refractivity contribution >= 4 is 5.69 Å². The average molecular weight is 275 g/mol. The van der Waals surface area contributed by atoms with Gasteiger partial charge in [-0.15, -0.1) is 0 Å². The lowest BCUT2D eigenvalue weighted by Gasteiger charge is -2.09. The summed E-state index contributed by atoms with van der Waals surface area (Å²) in [6, 6.07) is 12.5. The minimum Gasteiger partial charge on any atom is -0.497 e. The SMILES string of the molecule is COc1ccc(CCNc2cc(OC)ccc2F)cc1. The summed E-state index contributed by atoms with van der Waals surface area (Å²) in [6.45, 7) is 0.649. The van der Waals surface area contributed by atoms with Gasteiger partial charge in [-0.2, -0.15) is 0 Å². The van der Waals surface area contributed by atoms with Gasteiger partial charge in [0.05, 0.1) is 19.9 Å². The van der Waals surface area contributed by atoms with Crippen molar-refractivity contribution < 1.29 is 13.9 Å². The molecule has 0 aliphatic rings. The molecule has 3 nitrogen and oxygen atoms in total. The maximum Gasteiger partial charge on any atom is 0.146 e. The molecule has 106 valence electrons. The summed E-state index contributed by atoms with van der Waals surface area (Å²) >= 11 is 0. The Balaban J connectivity index is 1.91. The lowest BCUT2D eigenvalue weighted by atomic mass is 10.1. The van der Waals surface area contributed by atoms with Crippen LogP contribution in [0.1, 0.15) is 5.56 Å². The van der Waals surface area contributed by atoms with Gasteiger partial charge in [0.15, 0.2) is 0 Å². The summed E-state index contributed by atoms with van der Waals surface area (Å²) in [5, 5.41) is 3.08. The quantitative estimate of drug-likeness (QED) is 0.875. The fourth-order valence-corrected chi connectivity index (χ4v) is 1.90. The molecule has 2 rings (SSSR count). The predicted octanol–water partition coefficient (Wildman–Crippen LogP) is 3.50.